The fourth-order valence-electron chi connectivity index (χ4n) is 1.34. The van der Waals surface area contributed by atoms with Gasteiger partial charge in [-0.15, -0.1) is 0 Å². The molecule has 1 saturated carbocycles. The number of hydrogen-bond acceptors (Lipinski definition) is 2. The van der Waals surface area contributed by atoms with Crippen molar-refractivity contribution < 1.29 is 0 Å². The van der Waals surface area contributed by atoms with Crippen LogP contribution in [-0.4, -0.2) is 27.5 Å². The summed E-state index contributed by atoms with van der Waals surface area (Å²) in [6, 6.07) is 0.622. The van der Waals surface area contributed by atoms with E-state index in [1.54, 1.807) is 0 Å². The number of nitrogens with zero attached hydrogens (tertiary/aromatic N) is 2. The van der Waals surface area contributed by atoms with E-state index in [0.717, 1.165) is 18.2 Å². The Hall–Kier alpha value is -1.10. The van der Waals surface area contributed by atoms with Crippen LogP contribution >= 0.6 is 12.2 Å². The van der Waals surface area contributed by atoms with Crippen LogP contribution in [0.2, 0.25) is 0 Å². The molecule has 2 N–H and O–H groups in total. The number of thiocarbonyl (C=S) groups is 1. The van der Waals surface area contributed by atoms with Crippen molar-refractivity contribution in [1.29, 1.82) is 0 Å². The summed E-state index contributed by atoms with van der Waals surface area (Å²) in [5.41, 5.74) is 1.19. The Morgan fingerprint density at radius 2 is 2.47 bits per heavy atom. The standard InChI is InChI=1S/C10H16N4S/c1-8-6-12-14(7-8)5-4-11-10(15)13-9-2-3-9/h6-7,9H,2-5H2,1H3,(H2,11,13,15). The first-order valence-electron chi connectivity index (χ1n) is 5.27. The topological polar surface area (TPSA) is 41.9 Å². The van der Waals surface area contributed by atoms with Gasteiger partial charge in [-0.3, -0.25) is 4.68 Å². The molecule has 0 saturated heterocycles. The molecule has 4 nitrogen and oxygen atoms in total. The summed E-state index contributed by atoms with van der Waals surface area (Å²) in [4.78, 5) is 0. The van der Waals surface area contributed by atoms with E-state index in [9.17, 15) is 0 Å². The van der Waals surface area contributed by atoms with Crippen LogP contribution < -0.4 is 10.6 Å². The van der Waals surface area contributed by atoms with E-state index >= 15 is 0 Å². The summed E-state index contributed by atoms with van der Waals surface area (Å²) in [6.07, 6.45) is 6.39. The number of aryl methyl sites for hydroxylation is 1. The minimum atomic E-state index is 0.622. The SMILES string of the molecule is Cc1cnn(CCNC(=S)NC2CC2)c1. The minimum Gasteiger partial charge on any atom is -0.361 e. The summed E-state index contributed by atoms with van der Waals surface area (Å²) in [5.74, 6) is 0. The molecule has 1 fully saturated rings. The van der Waals surface area contributed by atoms with Crippen LogP contribution in [0.25, 0.3) is 0 Å². The summed E-state index contributed by atoms with van der Waals surface area (Å²) < 4.78 is 1.92. The van der Waals surface area contributed by atoms with Crippen LogP contribution in [0.4, 0.5) is 0 Å². The van der Waals surface area contributed by atoms with Crippen LogP contribution in [0.15, 0.2) is 12.4 Å². The van der Waals surface area contributed by atoms with Crippen molar-refractivity contribution in [2.45, 2.75) is 32.4 Å². The van der Waals surface area contributed by atoms with Crippen molar-refractivity contribution in [1.82, 2.24) is 20.4 Å². The summed E-state index contributed by atoms with van der Waals surface area (Å²) >= 11 is 5.14. The number of hydrogen-bond donors (Lipinski definition) is 2. The third-order valence-corrected chi connectivity index (χ3v) is 2.56. The molecular weight excluding hydrogens is 208 g/mol. The largest absolute Gasteiger partial charge is 0.361 e. The van der Waals surface area contributed by atoms with Crippen molar-refractivity contribution in [3.05, 3.63) is 18.0 Å². The molecule has 0 amide bonds. The van der Waals surface area contributed by atoms with E-state index < -0.39 is 0 Å². The average Bonchev–Trinajstić information content (AvgIpc) is 2.89. The molecule has 1 aliphatic rings. The maximum absolute atomic E-state index is 5.14. The zero-order chi connectivity index (χ0) is 10.7. The quantitative estimate of drug-likeness (QED) is 0.743. The van der Waals surface area contributed by atoms with Gasteiger partial charge in [0.05, 0.1) is 12.7 Å². The molecule has 0 radical (unpaired) electrons. The molecule has 1 aromatic rings. The van der Waals surface area contributed by atoms with Crippen LogP contribution in [0.5, 0.6) is 0 Å². The van der Waals surface area contributed by atoms with Gasteiger partial charge >= 0.3 is 0 Å². The Morgan fingerprint density at radius 3 is 3.07 bits per heavy atom. The zero-order valence-electron chi connectivity index (χ0n) is 8.86. The van der Waals surface area contributed by atoms with E-state index in [-0.39, 0.29) is 0 Å². The minimum absolute atomic E-state index is 0.622. The average molecular weight is 224 g/mol. The highest BCUT2D eigenvalue weighted by molar-refractivity contribution is 7.80. The van der Waals surface area contributed by atoms with Gasteiger partial charge in [-0.1, -0.05) is 0 Å². The van der Waals surface area contributed by atoms with Crippen molar-refractivity contribution in [2.24, 2.45) is 0 Å². The fourth-order valence-corrected chi connectivity index (χ4v) is 1.61. The first kappa shape index (κ1) is 10.4. The summed E-state index contributed by atoms with van der Waals surface area (Å²) in [6.45, 7) is 3.70. The number of aromatic nitrogens is 2. The van der Waals surface area contributed by atoms with Crippen LogP contribution in [-0.2, 0) is 6.54 Å². The highest BCUT2D eigenvalue weighted by atomic mass is 32.1. The Morgan fingerprint density at radius 1 is 1.67 bits per heavy atom. The highest BCUT2D eigenvalue weighted by Crippen LogP contribution is 2.18. The lowest BCUT2D eigenvalue weighted by Crippen LogP contribution is -2.38. The van der Waals surface area contributed by atoms with E-state index in [1.165, 1.54) is 18.4 Å². The van der Waals surface area contributed by atoms with Crippen molar-refractivity contribution in [3.8, 4) is 0 Å². The molecule has 0 spiro atoms. The Balaban J connectivity index is 1.63. The molecule has 0 atom stereocenters. The lowest BCUT2D eigenvalue weighted by molar-refractivity contribution is 0.600. The van der Waals surface area contributed by atoms with Gasteiger partial charge in [0.2, 0.25) is 0 Å². The second kappa shape index (κ2) is 4.61. The molecule has 1 heterocycles. The second-order valence-electron chi connectivity index (χ2n) is 3.96. The first-order chi connectivity index (χ1) is 7.24. The van der Waals surface area contributed by atoms with Gasteiger partial charge in [-0.25, -0.2) is 0 Å². The van der Waals surface area contributed by atoms with Crippen LogP contribution in [0.3, 0.4) is 0 Å². The molecule has 5 heteroatoms. The second-order valence-corrected chi connectivity index (χ2v) is 4.36. The van der Waals surface area contributed by atoms with Gasteiger partial charge in [-0.05, 0) is 37.5 Å². The maximum atomic E-state index is 5.14. The van der Waals surface area contributed by atoms with Crippen molar-refractivity contribution in [2.75, 3.05) is 6.54 Å². The number of nitrogens with one attached hydrogen (secondary N) is 2. The van der Waals surface area contributed by atoms with Crippen molar-refractivity contribution in [3.63, 3.8) is 0 Å². The smallest absolute Gasteiger partial charge is 0.166 e. The Labute approximate surface area is 95.0 Å². The normalized spacial score (nSPS) is 15.0. The van der Waals surface area contributed by atoms with Gasteiger partial charge in [0.25, 0.3) is 0 Å². The molecular formula is C10H16N4S. The van der Waals surface area contributed by atoms with Gasteiger partial charge in [0.15, 0.2) is 5.11 Å². The summed E-state index contributed by atoms with van der Waals surface area (Å²) in [5, 5.41) is 11.4. The monoisotopic (exact) mass is 224 g/mol. The Kier molecular flexibility index (Phi) is 3.20. The maximum Gasteiger partial charge on any atom is 0.166 e. The molecule has 0 aromatic carbocycles. The van der Waals surface area contributed by atoms with Gasteiger partial charge in [-0.2, -0.15) is 5.10 Å². The third kappa shape index (κ3) is 3.51. The van der Waals surface area contributed by atoms with E-state index in [2.05, 4.69) is 15.7 Å². The molecule has 1 aliphatic carbocycles. The molecule has 0 aliphatic heterocycles. The molecule has 1 aromatic heterocycles. The van der Waals surface area contributed by atoms with E-state index in [4.69, 9.17) is 12.2 Å². The Bertz CT molecular complexity index is 343. The van der Waals surface area contributed by atoms with E-state index in [0.29, 0.717) is 6.04 Å². The van der Waals surface area contributed by atoms with Gasteiger partial charge in [0.1, 0.15) is 0 Å². The zero-order valence-corrected chi connectivity index (χ0v) is 9.68. The highest BCUT2D eigenvalue weighted by Gasteiger charge is 2.21. The molecule has 2 rings (SSSR count). The first-order valence-corrected chi connectivity index (χ1v) is 5.68. The molecule has 15 heavy (non-hydrogen) atoms. The van der Waals surface area contributed by atoms with Crippen LogP contribution in [0.1, 0.15) is 18.4 Å². The van der Waals surface area contributed by atoms with Gasteiger partial charge in [0, 0.05) is 18.8 Å². The van der Waals surface area contributed by atoms with Crippen molar-refractivity contribution >= 4 is 17.3 Å². The lowest BCUT2D eigenvalue weighted by atomic mass is 10.4. The predicted molar refractivity (Wildman–Crippen MR) is 63.7 cm³/mol. The third-order valence-electron chi connectivity index (χ3n) is 2.30. The molecule has 0 bridgehead atoms. The summed E-state index contributed by atoms with van der Waals surface area (Å²) in [7, 11) is 0. The fraction of sp³-hybridized carbons (Fsp3) is 0.600. The molecule has 0 unspecified atom stereocenters. The predicted octanol–water partition coefficient (Wildman–Crippen LogP) is 0.818. The molecule has 82 valence electrons. The van der Waals surface area contributed by atoms with Gasteiger partial charge < -0.3 is 10.6 Å². The lowest BCUT2D eigenvalue weighted by Gasteiger charge is -2.09. The van der Waals surface area contributed by atoms with Crippen LogP contribution in [0, 0.1) is 6.92 Å². The van der Waals surface area contributed by atoms with E-state index in [1.807, 2.05) is 24.0 Å². The number of rotatable bonds is 4.